The fourth-order valence-electron chi connectivity index (χ4n) is 2.99. The minimum atomic E-state index is -0.121. The zero-order valence-electron chi connectivity index (χ0n) is 15.9. The lowest BCUT2D eigenvalue weighted by Crippen LogP contribution is -2.26. The van der Waals surface area contributed by atoms with E-state index in [-0.39, 0.29) is 5.91 Å². The number of nitrogens with one attached hydrogen (secondary N) is 1. The van der Waals surface area contributed by atoms with Crippen molar-refractivity contribution in [2.75, 3.05) is 25.0 Å². The Morgan fingerprint density at radius 1 is 1.04 bits per heavy atom. The average molecular weight is 362 g/mol. The fraction of sp³-hybridized carbons (Fsp3) is 0.273. The third-order valence-corrected chi connectivity index (χ3v) is 4.52. The van der Waals surface area contributed by atoms with E-state index in [1.807, 2.05) is 61.5 Å². The average Bonchev–Trinajstić information content (AvgIpc) is 3.10. The first-order chi connectivity index (χ1) is 13.1. The van der Waals surface area contributed by atoms with Gasteiger partial charge in [-0.3, -0.25) is 4.79 Å². The minimum Gasteiger partial charge on any atom is -0.375 e. The van der Waals surface area contributed by atoms with E-state index >= 15 is 0 Å². The predicted octanol–water partition coefficient (Wildman–Crippen LogP) is 3.83. The topological polar surface area (TPSA) is 50.2 Å². The maximum absolute atomic E-state index is 12.4. The van der Waals surface area contributed by atoms with Gasteiger partial charge in [0, 0.05) is 31.5 Å². The molecule has 0 radical (unpaired) electrons. The van der Waals surface area contributed by atoms with Gasteiger partial charge in [0.15, 0.2) is 5.69 Å². The molecule has 3 rings (SSSR count). The van der Waals surface area contributed by atoms with Crippen molar-refractivity contribution in [1.29, 1.82) is 0 Å². The van der Waals surface area contributed by atoms with Gasteiger partial charge in [0.05, 0.1) is 5.69 Å². The molecule has 0 aliphatic carbocycles. The quantitative estimate of drug-likeness (QED) is 0.620. The Bertz CT molecular complexity index is 859. The summed E-state index contributed by atoms with van der Waals surface area (Å²) in [4.78, 5) is 14.6. The van der Waals surface area contributed by atoms with Gasteiger partial charge in [0.2, 0.25) is 0 Å². The fourth-order valence-corrected chi connectivity index (χ4v) is 2.99. The van der Waals surface area contributed by atoms with Gasteiger partial charge in [0.1, 0.15) is 0 Å². The Morgan fingerprint density at radius 3 is 2.41 bits per heavy atom. The Kier molecular flexibility index (Phi) is 6.26. The lowest BCUT2D eigenvalue weighted by molar-refractivity contribution is 0.0947. The van der Waals surface area contributed by atoms with Crippen LogP contribution in [0.25, 0.3) is 5.69 Å². The number of para-hydroxylation sites is 2. The third kappa shape index (κ3) is 4.97. The van der Waals surface area contributed by atoms with Crippen LogP contribution in [-0.2, 0) is 0 Å². The van der Waals surface area contributed by atoms with E-state index < -0.39 is 0 Å². The van der Waals surface area contributed by atoms with Crippen molar-refractivity contribution in [3.8, 4) is 5.69 Å². The second-order valence-electron chi connectivity index (χ2n) is 6.64. The monoisotopic (exact) mass is 362 g/mol. The largest absolute Gasteiger partial charge is 0.375 e. The number of carbonyl (C=O) groups excluding carboxylic acids is 1. The van der Waals surface area contributed by atoms with Gasteiger partial charge in [-0.25, -0.2) is 4.68 Å². The first kappa shape index (κ1) is 18.7. The molecule has 5 nitrogen and oxygen atoms in total. The molecule has 0 aliphatic heterocycles. The third-order valence-electron chi connectivity index (χ3n) is 4.52. The molecule has 0 atom stereocenters. The standard InChI is InChI=1S/C22H26N4O/c1-18-17-21(24-26(18)20-13-7-4-8-14-20)22(27)23-15-9-10-16-25(2)19-11-5-3-6-12-19/h3-8,11-14,17H,9-10,15-16H2,1-2H3,(H,23,27). The van der Waals surface area contributed by atoms with E-state index in [1.54, 1.807) is 4.68 Å². The molecule has 0 bridgehead atoms. The molecular weight excluding hydrogens is 336 g/mol. The Balaban J connectivity index is 1.45. The van der Waals surface area contributed by atoms with E-state index in [1.165, 1.54) is 5.69 Å². The number of amides is 1. The molecule has 1 amide bonds. The number of anilines is 1. The first-order valence-electron chi connectivity index (χ1n) is 9.31. The number of hydrogen-bond donors (Lipinski definition) is 1. The van der Waals surface area contributed by atoms with Crippen LogP contribution in [0, 0.1) is 6.92 Å². The molecule has 0 saturated carbocycles. The van der Waals surface area contributed by atoms with Crippen LogP contribution in [0.3, 0.4) is 0 Å². The van der Waals surface area contributed by atoms with Crippen molar-refractivity contribution >= 4 is 11.6 Å². The van der Waals surface area contributed by atoms with Crippen molar-refractivity contribution < 1.29 is 4.79 Å². The summed E-state index contributed by atoms with van der Waals surface area (Å²) in [6, 6.07) is 22.0. The van der Waals surface area contributed by atoms with E-state index in [0.29, 0.717) is 12.2 Å². The van der Waals surface area contributed by atoms with Crippen LogP contribution >= 0.6 is 0 Å². The number of benzene rings is 2. The van der Waals surface area contributed by atoms with Gasteiger partial charge in [-0.05, 0) is 50.1 Å². The van der Waals surface area contributed by atoms with Gasteiger partial charge in [0.25, 0.3) is 5.91 Å². The summed E-state index contributed by atoms with van der Waals surface area (Å²) in [5.74, 6) is -0.121. The Hall–Kier alpha value is -3.08. The lowest BCUT2D eigenvalue weighted by atomic mass is 10.2. The van der Waals surface area contributed by atoms with Crippen LogP contribution in [0.5, 0.6) is 0 Å². The van der Waals surface area contributed by atoms with Gasteiger partial charge in [-0.15, -0.1) is 0 Å². The molecule has 0 fully saturated rings. The highest BCUT2D eigenvalue weighted by atomic mass is 16.1. The highest BCUT2D eigenvalue weighted by molar-refractivity contribution is 5.92. The van der Waals surface area contributed by atoms with E-state index in [4.69, 9.17) is 0 Å². The number of carbonyl (C=O) groups is 1. The molecule has 5 heteroatoms. The van der Waals surface area contributed by atoms with Crippen LogP contribution in [0.2, 0.25) is 0 Å². The number of aromatic nitrogens is 2. The van der Waals surface area contributed by atoms with Gasteiger partial charge in [-0.2, -0.15) is 5.10 Å². The van der Waals surface area contributed by atoms with Crippen molar-refractivity contribution in [3.05, 3.63) is 78.1 Å². The minimum absolute atomic E-state index is 0.121. The summed E-state index contributed by atoms with van der Waals surface area (Å²) < 4.78 is 1.80. The van der Waals surface area contributed by atoms with E-state index in [0.717, 1.165) is 30.8 Å². The zero-order chi connectivity index (χ0) is 19.1. The Labute approximate surface area is 160 Å². The van der Waals surface area contributed by atoms with Crippen LogP contribution < -0.4 is 10.2 Å². The molecule has 1 heterocycles. The number of aryl methyl sites for hydroxylation is 1. The summed E-state index contributed by atoms with van der Waals surface area (Å²) in [6.07, 6.45) is 1.95. The Morgan fingerprint density at radius 2 is 1.70 bits per heavy atom. The maximum atomic E-state index is 12.4. The van der Waals surface area contributed by atoms with Crippen LogP contribution in [0.4, 0.5) is 5.69 Å². The van der Waals surface area contributed by atoms with Crippen molar-refractivity contribution in [1.82, 2.24) is 15.1 Å². The normalized spacial score (nSPS) is 10.6. The highest BCUT2D eigenvalue weighted by Crippen LogP contribution is 2.12. The van der Waals surface area contributed by atoms with Gasteiger partial charge in [-0.1, -0.05) is 36.4 Å². The molecule has 140 valence electrons. The second-order valence-corrected chi connectivity index (χ2v) is 6.64. The number of hydrogen-bond acceptors (Lipinski definition) is 3. The summed E-state index contributed by atoms with van der Waals surface area (Å²) in [6.45, 7) is 3.57. The molecule has 3 aromatic rings. The van der Waals surface area contributed by atoms with Gasteiger partial charge < -0.3 is 10.2 Å². The predicted molar refractivity (Wildman–Crippen MR) is 110 cm³/mol. The highest BCUT2D eigenvalue weighted by Gasteiger charge is 2.12. The molecular formula is C22H26N4O. The summed E-state index contributed by atoms with van der Waals surface area (Å²) in [7, 11) is 2.09. The molecule has 0 unspecified atom stereocenters. The molecule has 0 spiro atoms. The van der Waals surface area contributed by atoms with Crippen molar-refractivity contribution in [3.63, 3.8) is 0 Å². The van der Waals surface area contributed by atoms with Crippen molar-refractivity contribution in [2.24, 2.45) is 0 Å². The van der Waals surface area contributed by atoms with Gasteiger partial charge >= 0.3 is 0 Å². The smallest absolute Gasteiger partial charge is 0.271 e. The van der Waals surface area contributed by atoms with Crippen LogP contribution in [0.15, 0.2) is 66.7 Å². The number of rotatable bonds is 8. The number of nitrogens with zero attached hydrogens (tertiary/aromatic N) is 3. The molecule has 0 saturated heterocycles. The lowest BCUT2D eigenvalue weighted by Gasteiger charge is -2.19. The van der Waals surface area contributed by atoms with Crippen LogP contribution in [-0.4, -0.2) is 35.8 Å². The summed E-state index contributed by atoms with van der Waals surface area (Å²) >= 11 is 0. The summed E-state index contributed by atoms with van der Waals surface area (Å²) in [5, 5.41) is 7.41. The van der Waals surface area contributed by atoms with Crippen molar-refractivity contribution in [2.45, 2.75) is 19.8 Å². The second kappa shape index (κ2) is 9.03. The van der Waals surface area contributed by atoms with Crippen LogP contribution in [0.1, 0.15) is 29.0 Å². The molecule has 0 aliphatic rings. The maximum Gasteiger partial charge on any atom is 0.271 e. The summed E-state index contributed by atoms with van der Waals surface area (Å²) in [5.41, 5.74) is 3.56. The number of unbranched alkanes of at least 4 members (excludes halogenated alkanes) is 1. The SMILES string of the molecule is Cc1cc(C(=O)NCCCCN(C)c2ccccc2)nn1-c1ccccc1. The van der Waals surface area contributed by atoms with E-state index in [9.17, 15) is 4.79 Å². The molecule has 1 N–H and O–H groups in total. The molecule has 27 heavy (non-hydrogen) atoms. The molecule has 1 aromatic heterocycles. The molecule has 2 aromatic carbocycles. The zero-order valence-corrected chi connectivity index (χ0v) is 15.9. The first-order valence-corrected chi connectivity index (χ1v) is 9.31. The van der Waals surface area contributed by atoms with E-state index in [2.05, 4.69) is 34.5 Å².